The number of halogens is 2. The van der Waals surface area contributed by atoms with Crippen molar-refractivity contribution in [2.75, 3.05) is 0 Å². The van der Waals surface area contributed by atoms with E-state index in [-0.39, 0.29) is 22.2 Å². The number of carbonyl (C=O) groups excluding carboxylic acids is 1. The lowest BCUT2D eigenvalue weighted by Crippen LogP contribution is -2.47. The molecule has 1 N–H and O–H groups in total. The van der Waals surface area contributed by atoms with E-state index < -0.39 is 5.82 Å². The van der Waals surface area contributed by atoms with Crippen molar-refractivity contribution in [2.24, 2.45) is 0 Å². The van der Waals surface area contributed by atoms with Crippen molar-refractivity contribution in [3.8, 4) is 0 Å². The Balaban J connectivity index is 2.97. The van der Waals surface area contributed by atoms with Gasteiger partial charge in [-0.3, -0.25) is 4.79 Å². The zero-order valence-electron chi connectivity index (χ0n) is 10.9. The van der Waals surface area contributed by atoms with E-state index in [4.69, 9.17) is 11.6 Å². The predicted molar refractivity (Wildman–Crippen MR) is 70.3 cm³/mol. The van der Waals surface area contributed by atoms with Crippen LogP contribution < -0.4 is 5.32 Å². The molecule has 0 saturated heterocycles. The van der Waals surface area contributed by atoms with E-state index in [9.17, 15) is 9.18 Å². The maximum absolute atomic E-state index is 13.1. The molecule has 0 unspecified atom stereocenters. The first-order valence-electron chi connectivity index (χ1n) is 6.11. The normalized spacial score (nSPS) is 11.4. The lowest BCUT2D eigenvalue weighted by atomic mass is 9.89. The Hall–Kier alpha value is -1.16. The zero-order valence-corrected chi connectivity index (χ0v) is 11.6. The average molecular weight is 273 g/mol. The summed E-state index contributed by atoms with van der Waals surface area (Å²) < 4.78 is 13.1. The Morgan fingerprint density at radius 2 is 1.94 bits per heavy atom. The van der Waals surface area contributed by atoms with E-state index in [1.54, 1.807) is 0 Å². The van der Waals surface area contributed by atoms with Gasteiger partial charge in [0.25, 0.3) is 5.91 Å². The molecule has 5 heteroatoms. The summed E-state index contributed by atoms with van der Waals surface area (Å²) in [5.74, 6) is -0.947. The van der Waals surface area contributed by atoms with Crippen molar-refractivity contribution < 1.29 is 9.18 Å². The largest absolute Gasteiger partial charge is 0.347 e. The molecule has 18 heavy (non-hydrogen) atoms. The van der Waals surface area contributed by atoms with Crippen molar-refractivity contribution in [3.05, 3.63) is 28.8 Å². The molecule has 1 aromatic rings. The number of nitrogens with one attached hydrogen (secondary N) is 1. The third-order valence-electron chi connectivity index (χ3n) is 3.46. The summed E-state index contributed by atoms with van der Waals surface area (Å²) in [7, 11) is 0. The van der Waals surface area contributed by atoms with Crippen LogP contribution in [0.4, 0.5) is 4.39 Å². The Labute approximate surface area is 112 Å². The summed E-state index contributed by atoms with van der Waals surface area (Å²) in [4.78, 5) is 15.7. The molecule has 0 fully saturated rings. The minimum absolute atomic E-state index is 0.0195. The number of hydrogen-bond donors (Lipinski definition) is 1. The molecule has 0 saturated carbocycles. The molecule has 0 radical (unpaired) electrons. The highest BCUT2D eigenvalue weighted by atomic mass is 35.5. The molecule has 1 rings (SSSR count). The topological polar surface area (TPSA) is 42.0 Å². The van der Waals surface area contributed by atoms with Crippen LogP contribution in [0.1, 0.15) is 50.4 Å². The number of pyridine rings is 1. The van der Waals surface area contributed by atoms with Crippen molar-refractivity contribution in [1.29, 1.82) is 0 Å². The molecule has 3 nitrogen and oxygen atoms in total. The van der Waals surface area contributed by atoms with Crippen LogP contribution in [0.15, 0.2) is 12.3 Å². The van der Waals surface area contributed by atoms with Gasteiger partial charge in [0.1, 0.15) is 11.0 Å². The van der Waals surface area contributed by atoms with Gasteiger partial charge in [-0.05, 0) is 25.3 Å². The fourth-order valence-electron chi connectivity index (χ4n) is 1.91. The second-order valence-electron chi connectivity index (χ2n) is 4.29. The number of aromatic nitrogens is 1. The molecule has 0 aliphatic rings. The van der Waals surface area contributed by atoms with E-state index in [0.29, 0.717) is 0 Å². The van der Waals surface area contributed by atoms with E-state index in [0.717, 1.165) is 31.5 Å². The zero-order chi connectivity index (χ0) is 13.8. The van der Waals surface area contributed by atoms with Crippen LogP contribution in [0.25, 0.3) is 0 Å². The second-order valence-corrected chi connectivity index (χ2v) is 4.65. The third-order valence-corrected chi connectivity index (χ3v) is 3.76. The molecule has 0 spiro atoms. The molecule has 0 aromatic carbocycles. The van der Waals surface area contributed by atoms with Crippen molar-refractivity contribution >= 4 is 17.5 Å². The summed E-state index contributed by atoms with van der Waals surface area (Å²) in [6.07, 6.45) is 3.43. The van der Waals surface area contributed by atoms with Crippen molar-refractivity contribution in [3.63, 3.8) is 0 Å². The van der Waals surface area contributed by atoms with Crippen LogP contribution >= 0.6 is 11.6 Å². The van der Waals surface area contributed by atoms with Gasteiger partial charge in [0, 0.05) is 5.54 Å². The molecule has 0 aliphatic heterocycles. The molecule has 0 atom stereocenters. The monoisotopic (exact) mass is 272 g/mol. The van der Waals surface area contributed by atoms with Gasteiger partial charge in [-0.25, -0.2) is 9.37 Å². The highest BCUT2D eigenvalue weighted by molar-refractivity contribution is 6.32. The molecule has 0 aliphatic carbocycles. The molecule has 0 bridgehead atoms. The maximum atomic E-state index is 13.1. The van der Waals surface area contributed by atoms with Crippen molar-refractivity contribution in [1.82, 2.24) is 10.3 Å². The molecular weight excluding hydrogens is 255 g/mol. The van der Waals surface area contributed by atoms with E-state index >= 15 is 0 Å². The molecule has 1 aromatic heterocycles. The molecule has 1 amide bonds. The smallest absolute Gasteiger partial charge is 0.254 e. The third kappa shape index (κ3) is 3.19. The lowest BCUT2D eigenvalue weighted by Gasteiger charge is -2.31. The lowest BCUT2D eigenvalue weighted by molar-refractivity contribution is 0.0887. The quantitative estimate of drug-likeness (QED) is 0.833. The number of amides is 1. The van der Waals surface area contributed by atoms with Gasteiger partial charge in [-0.2, -0.15) is 0 Å². The van der Waals surface area contributed by atoms with Crippen LogP contribution in [0, 0.1) is 5.82 Å². The van der Waals surface area contributed by atoms with Crippen LogP contribution in [-0.4, -0.2) is 16.4 Å². The second kappa shape index (κ2) is 6.14. The van der Waals surface area contributed by atoms with E-state index in [1.165, 1.54) is 0 Å². The number of hydrogen-bond acceptors (Lipinski definition) is 2. The summed E-state index contributed by atoms with van der Waals surface area (Å²) in [6, 6.07) is 1.11. The number of rotatable bonds is 5. The van der Waals surface area contributed by atoms with Gasteiger partial charge in [0.15, 0.2) is 0 Å². The fourth-order valence-corrected chi connectivity index (χ4v) is 2.09. The predicted octanol–water partition coefficient (Wildman–Crippen LogP) is 3.57. The highest BCUT2D eigenvalue weighted by Gasteiger charge is 2.27. The van der Waals surface area contributed by atoms with Gasteiger partial charge in [0.2, 0.25) is 0 Å². The Bertz CT molecular complexity index is 425. The van der Waals surface area contributed by atoms with E-state index in [2.05, 4.69) is 10.3 Å². The van der Waals surface area contributed by atoms with Crippen LogP contribution in [-0.2, 0) is 0 Å². The standard InChI is InChI=1S/C13H18ClFN2O/c1-4-13(5-2,6-3)17-12(18)10-7-9(15)8-16-11(10)14/h7-8H,4-6H2,1-3H3,(H,17,18). The molecule has 100 valence electrons. The summed E-state index contributed by atoms with van der Waals surface area (Å²) in [5.41, 5.74) is -0.191. The van der Waals surface area contributed by atoms with Crippen molar-refractivity contribution in [2.45, 2.75) is 45.6 Å². The highest BCUT2D eigenvalue weighted by Crippen LogP contribution is 2.21. The Morgan fingerprint density at radius 1 is 1.39 bits per heavy atom. The van der Waals surface area contributed by atoms with Gasteiger partial charge in [-0.15, -0.1) is 0 Å². The Kier molecular flexibility index (Phi) is 5.08. The first kappa shape index (κ1) is 14.9. The Morgan fingerprint density at radius 3 is 2.44 bits per heavy atom. The summed E-state index contributed by atoms with van der Waals surface area (Å²) in [6.45, 7) is 6.04. The number of nitrogens with zero attached hydrogens (tertiary/aromatic N) is 1. The van der Waals surface area contributed by atoms with E-state index in [1.807, 2.05) is 20.8 Å². The fraction of sp³-hybridized carbons (Fsp3) is 0.538. The van der Waals surface area contributed by atoms with Crippen LogP contribution in [0.3, 0.4) is 0 Å². The minimum atomic E-state index is -0.570. The first-order valence-corrected chi connectivity index (χ1v) is 6.49. The molecular formula is C13H18ClFN2O. The van der Waals surface area contributed by atoms with Crippen LogP contribution in [0.5, 0.6) is 0 Å². The summed E-state index contributed by atoms with van der Waals surface area (Å²) in [5, 5.41) is 2.95. The van der Waals surface area contributed by atoms with Gasteiger partial charge < -0.3 is 5.32 Å². The van der Waals surface area contributed by atoms with Gasteiger partial charge in [-0.1, -0.05) is 32.4 Å². The van der Waals surface area contributed by atoms with Crippen LogP contribution in [0.2, 0.25) is 5.15 Å². The van der Waals surface area contributed by atoms with Gasteiger partial charge >= 0.3 is 0 Å². The average Bonchev–Trinajstić information content (AvgIpc) is 2.38. The molecule has 1 heterocycles. The first-order chi connectivity index (χ1) is 8.48. The maximum Gasteiger partial charge on any atom is 0.254 e. The van der Waals surface area contributed by atoms with Gasteiger partial charge in [0.05, 0.1) is 11.8 Å². The SMILES string of the molecule is CCC(CC)(CC)NC(=O)c1cc(F)cnc1Cl. The number of carbonyl (C=O) groups is 1. The summed E-state index contributed by atoms with van der Waals surface area (Å²) >= 11 is 5.81. The minimum Gasteiger partial charge on any atom is -0.347 e.